The van der Waals surface area contributed by atoms with Crippen molar-refractivity contribution in [1.29, 1.82) is 0 Å². The Morgan fingerprint density at radius 3 is 2.73 bits per heavy atom. The Labute approximate surface area is 126 Å². The average Bonchev–Trinajstić information content (AvgIpc) is 3.29. The molecule has 1 fully saturated rings. The van der Waals surface area contributed by atoms with Gasteiger partial charge in [-0.2, -0.15) is 0 Å². The number of nitrogens with one attached hydrogen (secondary N) is 1. The number of benzene rings is 1. The van der Waals surface area contributed by atoms with Crippen LogP contribution in [-0.2, 0) is 9.53 Å². The molecule has 1 aromatic rings. The Kier molecular flexibility index (Phi) is 4.59. The molecule has 2 rings (SSSR count). The van der Waals surface area contributed by atoms with Gasteiger partial charge in [-0.3, -0.25) is 14.9 Å². The third kappa shape index (κ3) is 3.94. The van der Waals surface area contributed by atoms with Crippen molar-refractivity contribution < 1.29 is 19.2 Å². The van der Waals surface area contributed by atoms with E-state index >= 15 is 0 Å². The van der Waals surface area contributed by atoms with Crippen molar-refractivity contribution in [2.45, 2.75) is 25.8 Å². The summed E-state index contributed by atoms with van der Waals surface area (Å²) < 4.78 is 4.87. The first kappa shape index (κ1) is 15.7. The number of rotatable bonds is 6. The van der Waals surface area contributed by atoms with Crippen LogP contribution in [0.5, 0.6) is 0 Å². The summed E-state index contributed by atoms with van der Waals surface area (Å²) in [5, 5.41) is 13.3. The fourth-order valence-corrected chi connectivity index (χ4v) is 2.07. The minimum Gasteiger partial charge on any atom is -0.452 e. The van der Waals surface area contributed by atoms with Gasteiger partial charge in [0.2, 0.25) is 0 Å². The van der Waals surface area contributed by atoms with Crippen molar-refractivity contribution in [2.24, 2.45) is 5.92 Å². The fourth-order valence-electron chi connectivity index (χ4n) is 2.07. The first-order chi connectivity index (χ1) is 10.4. The molecule has 1 saturated carbocycles. The number of carbonyl (C=O) groups excluding carboxylic acids is 2. The first-order valence-corrected chi connectivity index (χ1v) is 6.89. The number of nitrogens with zero attached hydrogens (tertiary/aromatic N) is 1. The number of ether oxygens (including phenoxy) is 1. The quantitative estimate of drug-likeness (QED) is 0.352. The molecule has 22 heavy (non-hydrogen) atoms. The number of anilines is 1. The Hall–Kier alpha value is -2.64. The molecule has 3 N–H and O–H groups in total. The van der Waals surface area contributed by atoms with E-state index in [1.807, 2.05) is 6.92 Å². The highest BCUT2D eigenvalue weighted by Gasteiger charge is 2.29. The lowest BCUT2D eigenvalue weighted by Gasteiger charge is -2.13. The van der Waals surface area contributed by atoms with Crippen LogP contribution in [0.4, 0.5) is 11.4 Å². The summed E-state index contributed by atoms with van der Waals surface area (Å²) in [5.74, 6) is -0.667. The maximum atomic E-state index is 11.8. The van der Waals surface area contributed by atoms with Gasteiger partial charge in [-0.25, -0.2) is 4.79 Å². The van der Waals surface area contributed by atoms with Crippen LogP contribution in [0.15, 0.2) is 18.2 Å². The number of hydrogen-bond acceptors (Lipinski definition) is 6. The van der Waals surface area contributed by atoms with Crippen molar-refractivity contribution >= 4 is 23.3 Å². The van der Waals surface area contributed by atoms with E-state index in [0.717, 1.165) is 25.0 Å². The number of carbonyl (C=O) groups is 2. The molecular formula is C14H17N3O5. The normalized spacial score (nSPS) is 15.0. The number of nitrogen functional groups attached to an aromatic ring is 1. The monoisotopic (exact) mass is 307 g/mol. The van der Waals surface area contributed by atoms with Crippen LogP contribution in [0.3, 0.4) is 0 Å². The van der Waals surface area contributed by atoms with Gasteiger partial charge in [-0.15, -0.1) is 0 Å². The molecule has 0 aliphatic heterocycles. The Morgan fingerprint density at radius 1 is 1.50 bits per heavy atom. The van der Waals surface area contributed by atoms with Gasteiger partial charge in [-0.1, -0.05) is 0 Å². The summed E-state index contributed by atoms with van der Waals surface area (Å²) in [7, 11) is 0. The SMILES string of the molecule is C[C@H](NC(=O)COC(=O)c1ccc([N+](=O)[O-])cc1N)C1CC1. The molecule has 1 aliphatic carbocycles. The van der Waals surface area contributed by atoms with Gasteiger partial charge in [0.05, 0.1) is 16.2 Å². The second-order valence-corrected chi connectivity index (χ2v) is 5.30. The zero-order chi connectivity index (χ0) is 16.3. The van der Waals surface area contributed by atoms with Crippen molar-refractivity contribution in [1.82, 2.24) is 5.32 Å². The summed E-state index contributed by atoms with van der Waals surface area (Å²) in [6, 6.07) is 3.50. The first-order valence-electron chi connectivity index (χ1n) is 6.89. The third-order valence-electron chi connectivity index (χ3n) is 3.52. The zero-order valence-electron chi connectivity index (χ0n) is 12.1. The van der Waals surface area contributed by atoms with Crippen LogP contribution >= 0.6 is 0 Å². The van der Waals surface area contributed by atoms with Crippen molar-refractivity contribution in [3.63, 3.8) is 0 Å². The predicted molar refractivity (Wildman–Crippen MR) is 78.1 cm³/mol. The Morgan fingerprint density at radius 2 is 2.18 bits per heavy atom. The molecule has 0 saturated heterocycles. The van der Waals surface area contributed by atoms with Gasteiger partial charge in [-0.05, 0) is 31.7 Å². The van der Waals surface area contributed by atoms with Crippen molar-refractivity contribution in [2.75, 3.05) is 12.3 Å². The number of non-ortho nitro benzene ring substituents is 1. The maximum absolute atomic E-state index is 11.8. The van der Waals surface area contributed by atoms with E-state index < -0.39 is 17.5 Å². The van der Waals surface area contributed by atoms with Gasteiger partial charge in [0, 0.05) is 18.2 Å². The highest BCUT2D eigenvalue weighted by Crippen LogP contribution is 2.32. The van der Waals surface area contributed by atoms with E-state index in [4.69, 9.17) is 10.5 Å². The largest absolute Gasteiger partial charge is 0.452 e. The summed E-state index contributed by atoms with van der Waals surface area (Å²) in [4.78, 5) is 33.5. The van der Waals surface area contributed by atoms with Crippen LogP contribution < -0.4 is 11.1 Å². The number of hydrogen-bond donors (Lipinski definition) is 2. The second kappa shape index (κ2) is 6.42. The third-order valence-corrected chi connectivity index (χ3v) is 3.52. The van der Waals surface area contributed by atoms with Crippen LogP contribution in [-0.4, -0.2) is 29.4 Å². The van der Waals surface area contributed by atoms with Crippen LogP contribution in [0, 0.1) is 16.0 Å². The molecule has 0 spiro atoms. The average molecular weight is 307 g/mol. The van der Waals surface area contributed by atoms with E-state index in [-0.39, 0.29) is 28.9 Å². The lowest BCUT2D eigenvalue weighted by Crippen LogP contribution is -2.37. The van der Waals surface area contributed by atoms with E-state index in [1.54, 1.807) is 0 Å². The smallest absolute Gasteiger partial charge is 0.340 e. The molecule has 1 aliphatic rings. The molecule has 1 amide bonds. The number of nitro groups is 1. The molecule has 118 valence electrons. The Bertz CT molecular complexity index is 612. The van der Waals surface area contributed by atoms with Gasteiger partial charge in [0.25, 0.3) is 11.6 Å². The number of nitrogens with two attached hydrogens (primary N) is 1. The number of esters is 1. The van der Waals surface area contributed by atoms with Crippen molar-refractivity contribution in [3.8, 4) is 0 Å². The second-order valence-electron chi connectivity index (χ2n) is 5.30. The summed E-state index contributed by atoms with van der Waals surface area (Å²) >= 11 is 0. The number of nitro benzene ring substituents is 1. The zero-order valence-corrected chi connectivity index (χ0v) is 12.1. The minimum atomic E-state index is -0.790. The number of amides is 1. The fraction of sp³-hybridized carbons (Fsp3) is 0.429. The predicted octanol–water partition coefficient (Wildman–Crippen LogP) is 1.25. The van der Waals surface area contributed by atoms with Gasteiger partial charge in [0.1, 0.15) is 0 Å². The minimum absolute atomic E-state index is 0.00589. The molecule has 0 unspecified atom stereocenters. The van der Waals surface area contributed by atoms with E-state index in [9.17, 15) is 19.7 Å². The van der Waals surface area contributed by atoms with Gasteiger partial charge in [0.15, 0.2) is 6.61 Å². The molecule has 1 aromatic carbocycles. The standard InChI is InChI=1S/C14H17N3O5/c1-8(9-2-3-9)16-13(18)7-22-14(19)11-5-4-10(17(20)21)6-12(11)15/h4-6,8-9H,2-3,7,15H2,1H3,(H,16,18)/t8-/m0/s1. The summed E-state index contributed by atoms with van der Waals surface area (Å²) in [6.45, 7) is 1.50. The molecule has 0 aromatic heterocycles. The molecular weight excluding hydrogens is 290 g/mol. The molecule has 1 atom stereocenters. The molecule has 0 heterocycles. The van der Waals surface area contributed by atoms with Crippen LogP contribution in [0.2, 0.25) is 0 Å². The van der Waals surface area contributed by atoms with E-state index in [2.05, 4.69) is 5.32 Å². The lowest BCUT2D eigenvalue weighted by atomic mass is 10.1. The highest BCUT2D eigenvalue weighted by atomic mass is 16.6. The molecule has 8 heteroatoms. The van der Waals surface area contributed by atoms with Crippen molar-refractivity contribution in [3.05, 3.63) is 33.9 Å². The molecule has 0 radical (unpaired) electrons. The van der Waals surface area contributed by atoms with E-state index in [1.165, 1.54) is 6.07 Å². The molecule has 0 bridgehead atoms. The topological polar surface area (TPSA) is 125 Å². The van der Waals surface area contributed by atoms with Gasteiger partial charge < -0.3 is 15.8 Å². The van der Waals surface area contributed by atoms with Gasteiger partial charge >= 0.3 is 5.97 Å². The summed E-state index contributed by atoms with van der Waals surface area (Å²) in [6.07, 6.45) is 2.20. The Balaban J connectivity index is 1.88. The van der Waals surface area contributed by atoms with E-state index in [0.29, 0.717) is 5.92 Å². The summed E-state index contributed by atoms with van der Waals surface area (Å²) in [5.41, 5.74) is 5.30. The maximum Gasteiger partial charge on any atom is 0.340 e. The van der Waals surface area contributed by atoms with Crippen LogP contribution in [0.25, 0.3) is 0 Å². The lowest BCUT2D eigenvalue weighted by molar-refractivity contribution is -0.384. The van der Waals surface area contributed by atoms with Crippen LogP contribution in [0.1, 0.15) is 30.1 Å². The molecule has 8 nitrogen and oxygen atoms in total. The highest BCUT2D eigenvalue weighted by molar-refractivity contribution is 5.96.